The molecule has 0 fully saturated rings. The van der Waals surface area contributed by atoms with E-state index >= 15 is 0 Å². The number of aryl methyl sites for hydroxylation is 1. The maximum absolute atomic E-state index is 11.6. The van der Waals surface area contributed by atoms with Crippen LogP contribution in [-0.2, 0) is 16.4 Å². The summed E-state index contributed by atoms with van der Waals surface area (Å²) >= 11 is 0. The number of furan rings is 1. The fourth-order valence-corrected chi connectivity index (χ4v) is 2.47. The normalized spacial score (nSPS) is 15.7. The predicted octanol–water partition coefficient (Wildman–Crippen LogP) is 0.901. The van der Waals surface area contributed by atoms with E-state index in [4.69, 9.17) is 9.52 Å². The van der Waals surface area contributed by atoms with E-state index in [0.717, 1.165) is 5.76 Å². The van der Waals surface area contributed by atoms with Gasteiger partial charge in [-0.1, -0.05) is 0 Å². The summed E-state index contributed by atoms with van der Waals surface area (Å²) in [7, 11) is -3.43. The van der Waals surface area contributed by atoms with Gasteiger partial charge in [-0.15, -0.1) is 0 Å². The highest BCUT2D eigenvalue weighted by Gasteiger charge is 2.21. The zero-order valence-electron chi connectivity index (χ0n) is 10.1. The van der Waals surface area contributed by atoms with Gasteiger partial charge in [0.1, 0.15) is 5.76 Å². The molecule has 0 radical (unpaired) electrons. The standard InChI is InChI=1S/C11H19NO4S/c1-9(5-6-11-4-3-7-16-11)12-17(14,15)10(2)8-13/h3-4,7,9-10,12-13H,5-6,8H2,1-2H3. The molecule has 2 unspecified atom stereocenters. The van der Waals surface area contributed by atoms with Crippen LogP contribution in [0.3, 0.4) is 0 Å². The largest absolute Gasteiger partial charge is 0.469 e. The molecule has 2 N–H and O–H groups in total. The van der Waals surface area contributed by atoms with Crippen LogP contribution in [0.2, 0.25) is 0 Å². The molecule has 17 heavy (non-hydrogen) atoms. The van der Waals surface area contributed by atoms with Crippen molar-refractivity contribution in [2.75, 3.05) is 6.61 Å². The molecule has 0 bridgehead atoms. The second kappa shape index (κ2) is 6.18. The molecule has 98 valence electrons. The molecule has 5 nitrogen and oxygen atoms in total. The van der Waals surface area contributed by atoms with Gasteiger partial charge in [-0.05, 0) is 32.4 Å². The van der Waals surface area contributed by atoms with Gasteiger partial charge in [0.15, 0.2) is 0 Å². The van der Waals surface area contributed by atoms with Crippen molar-refractivity contribution in [3.8, 4) is 0 Å². The summed E-state index contributed by atoms with van der Waals surface area (Å²) in [5.41, 5.74) is 0. The lowest BCUT2D eigenvalue weighted by atomic mass is 10.2. The van der Waals surface area contributed by atoms with Crippen molar-refractivity contribution in [2.45, 2.75) is 38.0 Å². The summed E-state index contributed by atoms with van der Waals surface area (Å²) in [6, 6.07) is 3.48. The molecular weight excluding hydrogens is 242 g/mol. The Bertz CT molecular complexity index is 413. The summed E-state index contributed by atoms with van der Waals surface area (Å²) in [6.45, 7) is 2.90. The fourth-order valence-electron chi connectivity index (χ4n) is 1.37. The number of aliphatic hydroxyl groups excluding tert-OH is 1. The average Bonchev–Trinajstić information content (AvgIpc) is 2.77. The molecule has 1 aromatic heterocycles. The van der Waals surface area contributed by atoms with Crippen LogP contribution >= 0.6 is 0 Å². The number of sulfonamides is 1. The minimum Gasteiger partial charge on any atom is -0.469 e. The van der Waals surface area contributed by atoms with Crippen molar-refractivity contribution >= 4 is 10.0 Å². The fraction of sp³-hybridized carbons (Fsp3) is 0.636. The van der Waals surface area contributed by atoms with Gasteiger partial charge in [-0.25, -0.2) is 13.1 Å². The van der Waals surface area contributed by atoms with Crippen molar-refractivity contribution in [3.05, 3.63) is 24.2 Å². The van der Waals surface area contributed by atoms with Crippen LogP contribution < -0.4 is 4.72 Å². The van der Waals surface area contributed by atoms with Gasteiger partial charge in [0.25, 0.3) is 0 Å². The first-order chi connectivity index (χ1) is 7.95. The molecule has 0 aliphatic carbocycles. The monoisotopic (exact) mass is 261 g/mol. The van der Waals surface area contributed by atoms with E-state index in [1.807, 2.05) is 6.07 Å². The van der Waals surface area contributed by atoms with E-state index in [1.54, 1.807) is 19.3 Å². The minimum atomic E-state index is -3.43. The SMILES string of the molecule is CC(CCc1ccco1)NS(=O)(=O)C(C)CO. The second-order valence-corrected chi connectivity index (χ2v) is 6.31. The first-order valence-corrected chi connectivity index (χ1v) is 7.14. The van der Waals surface area contributed by atoms with E-state index in [-0.39, 0.29) is 12.6 Å². The summed E-state index contributed by atoms with van der Waals surface area (Å²) in [4.78, 5) is 0. The topological polar surface area (TPSA) is 79.5 Å². The molecule has 0 spiro atoms. The Morgan fingerprint density at radius 2 is 2.18 bits per heavy atom. The zero-order chi connectivity index (χ0) is 12.9. The van der Waals surface area contributed by atoms with Crippen molar-refractivity contribution in [1.29, 1.82) is 0 Å². The van der Waals surface area contributed by atoms with Crippen LogP contribution in [0.4, 0.5) is 0 Å². The van der Waals surface area contributed by atoms with Gasteiger partial charge in [0.05, 0.1) is 18.1 Å². The second-order valence-electron chi connectivity index (χ2n) is 4.18. The molecular formula is C11H19NO4S. The van der Waals surface area contributed by atoms with E-state index < -0.39 is 15.3 Å². The lowest BCUT2D eigenvalue weighted by Crippen LogP contribution is -2.40. The summed E-state index contributed by atoms with van der Waals surface area (Å²) in [5.74, 6) is 0.839. The van der Waals surface area contributed by atoms with Crippen LogP contribution in [0.5, 0.6) is 0 Å². The summed E-state index contributed by atoms with van der Waals surface area (Å²) in [6.07, 6.45) is 2.94. The number of nitrogens with one attached hydrogen (secondary N) is 1. The Kier molecular flexibility index (Phi) is 5.17. The van der Waals surface area contributed by atoms with Crippen molar-refractivity contribution < 1.29 is 17.9 Å². The third-order valence-corrected chi connectivity index (χ3v) is 4.50. The molecule has 2 atom stereocenters. The van der Waals surface area contributed by atoms with Crippen molar-refractivity contribution in [2.24, 2.45) is 0 Å². The first-order valence-electron chi connectivity index (χ1n) is 5.60. The van der Waals surface area contributed by atoms with E-state index in [0.29, 0.717) is 12.8 Å². The predicted molar refractivity (Wildman–Crippen MR) is 65.1 cm³/mol. The molecule has 0 saturated carbocycles. The lowest BCUT2D eigenvalue weighted by Gasteiger charge is -2.16. The molecule has 6 heteroatoms. The van der Waals surface area contributed by atoms with Crippen LogP contribution in [0.25, 0.3) is 0 Å². The Morgan fingerprint density at radius 3 is 2.71 bits per heavy atom. The number of aliphatic hydroxyl groups is 1. The molecule has 0 aliphatic heterocycles. The smallest absolute Gasteiger partial charge is 0.216 e. The minimum absolute atomic E-state index is 0.181. The number of rotatable bonds is 7. The summed E-state index contributed by atoms with van der Waals surface area (Å²) < 4.78 is 31.0. The zero-order valence-corrected chi connectivity index (χ0v) is 10.9. The molecule has 1 aromatic rings. The third-order valence-electron chi connectivity index (χ3n) is 2.56. The highest BCUT2D eigenvalue weighted by Crippen LogP contribution is 2.07. The number of hydrogen-bond acceptors (Lipinski definition) is 4. The molecule has 0 amide bonds. The quantitative estimate of drug-likeness (QED) is 0.764. The molecule has 0 saturated heterocycles. The van der Waals surface area contributed by atoms with E-state index in [9.17, 15) is 8.42 Å². The van der Waals surface area contributed by atoms with Gasteiger partial charge in [0, 0.05) is 12.5 Å². The van der Waals surface area contributed by atoms with Crippen LogP contribution in [0, 0.1) is 0 Å². The van der Waals surface area contributed by atoms with Crippen molar-refractivity contribution in [1.82, 2.24) is 4.72 Å². The van der Waals surface area contributed by atoms with E-state index in [1.165, 1.54) is 6.92 Å². The van der Waals surface area contributed by atoms with Gasteiger partial charge >= 0.3 is 0 Å². The van der Waals surface area contributed by atoms with Gasteiger partial charge in [-0.3, -0.25) is 0 Å². The maximum Gasteiger partial charge on any atom is 0.216 e. The third kappa shape index (κ3) is 4.49. The highest BCUT2D eigenvalue weighted by atomic mass is 32.2. The molecule has 0 aliphatic rings. The Balaban J connectivity index is 2.41. The van der Waals surface area contributed by atoms with Crippen molar-refractivity contribution in [3.63, 3.8) is 0 Å². The van der Waals surface area contributed by atoms with Crippen LogP contribution in [0.15, 0.2) is 22.8 Å². The Morgan fingerprint density at radius 1 is 1.47 bits per heavy atom. The van der Waals surface area contributed by atoms with Crippen LogP contribution in [-0.4, -0.2) is 31.4 Å². The van der Waals surface area contributed by atoms with Crippen LogP contribution in [0.1, 0.15) is 26.0 Å². The van der Waals surface area contributed by atoms with E-state index in [2.05, 4.69) is 4.72 Å². The lowest BCUT2D eigenvalue weighted by molar-refractivity contribution is 0.294. The van der Waals surface area contributed by atoms with Gasteiger partial charge in [-0.2, -0.15) is 0 Å². The van der Waals surface area contributed by atoms with Gasteiger partial charge in [0.2, 0.25) is 10.0 Å². The maximum atomic E-state index is 11.6. The molecule has 1 rings (SSSR count). The number of hydrogen-bond donors (Lipinski definition) is 2. The Labute approximate surface area is 102 Å². The summed E-state index contributed by atoms with van der Waals surface area (Å²) in [5, 5.41) is 8.05. The Hall–Kier alpha value is -0.850. The average molecular weight is 261 g/mol. The molecule has 0 aromatic carbocycles. The first kappa shape index (κ1) is 14.2. The molecule has 1 heterocycles. The highest BCUT2D eigenvalue weighted by molar-refractivity contribution is 7.90. The van der Waals surface area contributed by atoms with Gasteiger partial charge < -0.3 is 9.52 Å².